The molecule has 2 rings (SSSR count). The van der Waals surface area contributed by atoms with Gasteiger partial charge in [0.25, 0.3) is 0 Å². The number of hydrogen-bond donors (Lipinski definition) is 2. The highest BCUT2D eigenvalue weighted by Crippen LogP contribution is 2.24. The molecule has 0 saturated carbocycles. The first-order valence-electron chi connectivity index (χ1n) is 4.91. The van der Waals surface area contributed by atoms with Crippen LogP contribution in [0.2, 0.25) is 0 Å². The summed E-state index contributed by atoms with van der Waals surface area (Å²) in [6.45, 7) is 0. The molecule has 2 heterocycles. The average molecular weight is 225 g/mol. The van der Waals surface area contributed by atoms with Crippen LogP contribution in [0.25, 0.3) is 0 Å². The van der Waals surface area contributed by atoms with Crippen LogP contribution in [-0.4, -0.2) is 34.6 Å². The van der Waals surface area contributed by atoms with Crippen molar-refractivity contribution in [3.8, 4) is 0 Å². The lowest BCUT2D eigenvalue weighted by atomic mass is 10.2. The first-order chi connectivity index (χ1) is 7.31. The first-order valence-corrected chi connectivity index (χ1v) is 6.07. The molecule has 82 valence electrons. The van der Waals surface area contributed by atoms with Gasteiger partial charge in [-0.2, -0.15) is 16.7 Å². The second-order valence-electron chi connectivity index (χ2n) is 3.51. The molecule has 5 nitrogen and oxygen atoms in total. The summed E-state index contributed by atoms with van der Waals surface area (Å²) >= 11 is 1.99. The van der Waals surface area contributed by atoms with Gasteiger partial charge in [0.15, 0.2) is 0 Å². The lowest BCUT2D eigenvalue weighted by molar-refractivity contribution is 0.691. The lowest BCUT2D eigenvalue weighted by Crippen LogP contribution is -2.32. The van der Waals surface area contributed by atoms with Gasteiger partial charge in [-0.3, -0.25) is 5.43 Å². The zero-order valence-corrected chi connectivity index (χ0v) is 9.50. The van der Waals surface area contributed by atoms with Crippen LogP contribution in [0.1, 0.15) is 6.42 Å². The molecule has 1 aromatic rings. The highest BCUT2D eigenvalue weighted by Gasteiger charge is 2.21. The molecule has 1 saturated heterocycles. The highest BCUT2D eigenvalue weighted by molar-refractivity contribution is 7.99. The van der Waals surface area contributed by atoms with Crippen molar-refractivity contribution < 1.29 is 0 Å². The van der Waals surface area contributed by atoms with E-state index in [9.17, 15) is 0 Å². The summed E-state index contributed by atoms with van der Waals surface area (Å²) in [5.74, 6) is 9.07. The van der Waals surface area contributed by atoms with Crippen LogP contribution in [0, 0.1) is 0 Å². The minimum absolute atomic E-state index is 0.463. The summed E-state index contributed by atoms with van der Waals surface area (Å²) in [4.78, 5) is 10.5. The minimum atomic E-state index is 0.463. The van der Waals surface area contributed by atoms with Crippen molar-refractivity contribution in [2.24, 2.45) is 5.84 Å². The second-order valence-corrected chi connectivity index (χ2v) is 4.66. The molecule has 0 aliphatic carbocycles. The van der Waals surface area contributed by atoms with Crippen molar-refractivity contribution in [2.45, 2.75) is 12.5 Å². The standard InChI is InChI=1S/C9H15N5S/c1-14(7-3-5-15-6-7)8-2-4-11-9(12-8)13-10/h2,4,7H,3,5-6,10H2,1H3,(H,11,12,13). The molecule has 0 aromatic carbocycles. The van der Waals surface area contributed by atoms with Crippen molar-refractivity contribution in [2.75, 3.05) is 28.9 Å². The van der Waals surface area contributed by atoms with Gasteiger partial charge in [-0.1, -0.05) is 0 Å². The molecular formula is C9H15N5S. The molecule has 0 radical (unpaired) electrons. The van der Waals surface area contributed by atoms with Gasteiger partial charge >= 0.3 is 0 Å². The Morgan fingerprint density at radius 1 is 1.67 bits per heavy atom. The monoisotopic (exact) mass is 225 g/mol. The number of aromatic nitrogens is 2. The van der Waals surface area contributed by atoms with Crippen molar-refractivity contribution in [1.29, 1.82) is 0 Å². The Labute approximate surface area is 93.4 Å². The van der Waals surface area contributed by atoms with E-state index in [4.69, 9.17) is 5.84 Å². The van der Waals surface area contributed by atoms with Gasteiger partial charge < -0.3 is 4.90 Å². The molecule has 1 aromatic heterocycles. The maximum Gasteiger partial charge on any atom is 0.239 e. The molecular weight excluding hydrogens is 210 g/mol. The quantitative estimate of drug-likeness (QED) is 0.583. The molecule has 6 heteroatoms. The number of nitrogens with zero attached hydrogens (tertiary/aromatic N) is 3. The van der Waals surface area contributed by atoms with Gasteiger partial charge in [-0.25, -0.2) is 10.8 Å². The topological polar surface area (TPSA) is 67.1 Å². The number of anilines is 2. The van der Waals surface area contributed by atoms with Gasteiger partial charge in [-0.05, 0) is 18.2 Å². The van der Waals surface area contributed by atoms with Gasteiger partial charge in [0, 0.05) is 25.0 Å². The van der Waals surface area contributed by atoms with Gasteiger partial charge in [0.2, 0.25) is 5.95 Å². The molecule has 1 aliphatic rings. The van der Waals surface area contributed by atoms with E-state index in [0.717, 1.165) is 5.82 Å². The molecule has 1 unspecified atom stereocenters. The molecule has 0 spiro atoms. The van der Waals surface area contributed by atoms with Crippen LogP contribution in [0.3, 0.4) is 0 Å². The van der Waals surface area contributed by atoms with Gasteiger partial charge in [-0.15, -0.1) is 0 Å². The maximum atomic E-state index is 5.27. The number of rotatable bonds is 3. The van der Waals surface area contributed by atoms with Crippen LogP contribution in [0.4, 0.5) is 11.8 Å². The van der Waals surface area contributed by atoms with Crippen LogP contribution < -0.4 is 16.2 Å². The fourth-order valence-electron chi connectivity index (χ4n) is 1.63. The fourth-order valence-corrected chi connectivity index (χ4v) is 2.90. The molecule has 1 atom stereocenters. The van der Waals surface area contributed by atoms with E-state index < -0.39 is 0 Å². The number of nitrogens with two attached hydrogens (primary N) is 1. The first kappa shape index (κ1) is 10.5. The Balaban J connectivity index is 2.13. The predicted molar refractivity (Wildman–Crippen MR) is 64.0 cm³/mol. The third-order valence-corrected chi connectivity index (χ3v) is 3.73. The summed E-state index contributed by atoms with van der Waals surface area (Å²) in [6.07, 6.45) is 2.94. The zero-order valence-electron chi connectivity index (χ0n) is 8.68. The Morgan fingerprint density at radius 3 is 3.20 bits per heavy atom. The molecule has 15 heavy (non-hydrogen) atoms. The van der Waals surface area contributed by atoms with E-state index in [0.29, 0.717) is 12.0 Å². The largest absolute Gasteiger partial charge is 0.356 e. The summed E-state index contributed by atoms with van der Waals surface area (Å²) in [6, 6.07) is 2.49. The summed E-state index contributed by atoms with van der Waals surface area (Å²) < 4.78 is 0. The van der Waals surface area contributed by atoms with E-state index >= 15 is 0 Å². The van der Waals surface area contributed by atoms with Gasteiger partial charge in [0.1, 0.15) is 5.82 Å². The Bertz CT molecular complexity index is 326. The van der Waals surface area contributed by atoms with E-state index in [1.54, 1.807) is 6.20 Å². The van der Waals surface area contributed by atoms with E-state index in [1.807, 2.05) is 17.8 Å². The molecule has 1 aliphatic heterocycles. The number of hydrazine groups is 1. The summed E-state index contributed by atoms with van der Waals surface area (Å²) in [5.41, 5.74) is 2.46. The van der Waals surface area contributed by atoms with Crippen molar-refractivity contribution in [1.82, 2.24) is 9.97 Å². The van der Waals surface area contributed by atoms with E-state index in [1.165, 1.54) is 17.9 Å². The van der Waals surface area contributed by atoms with Gasteiger partial charge in [0.05, 0.1) is 0 Å². The smallest absolute Gasteiger partial charge is 0.239 e. The number of nitrogens with one attached hydrogen (secondary N) is 1. The maximum absolute atomic E-state index is 5.27. The fraction of sp³-hybridized carbons (Fsp3) is 0.556. The van der Waals surface area contributed by atoms with Crippen molar-refractivity contribution >= 4 is 23.5 Å². The molecule has 0 amide bonds. The van der Waals surface area contributed by atoms with Crippen molar-refractivity contribution in [3.63, 3.8) is 0 Å². The highest BCUT2D eigenvalue weighted by atomic mass is 32.2. The lowest BCUT2D eigenvalue weighted by Gasteiger charge is -2.24. The SMILES string of the molecule is CN(c1ccnc(NN)n1)C1CCSC1. The molecule has 3 N–H and O–H groups in total. The average Bonchev–Trinajstić information content (AvgIpc) is 2.81. The third kappa shape index (κ3) is 2.32. The van der Waals surface area contributed by atoms with Crippen LogP contribution in [0.15, 0.2) is 12.3 Å². The Kier molecular flexibility index (Phi) is 3.27. The third-order valence-electron chi connectivity index (χ3n) is 2.58. The van der Waals surface area contributed by atoms with E-state index in [-0.39, 0.29) is 0 Å². The Morgan fingerprint density at radius 2 is 2.53 bits per heavy atom. The number of thioether (sulfide) groups is 1. The minimum Gasteiger partial charge on any atom is -0.356 e. The predicted octanol–water partition coefficient (Wildman–Crippen LogP) is 0.704. The van der Waals surface area contributed by atoms with Crippen molar-refractivity contribution in [3.05, 3.63) is 12.3 Å². The number of nitrogen functional groups attached to an aromatic ring is 1. The van der Waals surface area contributed by atoms with Crippen LogP contribution >= 0.6 is 11.8 Å². The van der Waals surface area contributed by atoms with Crippen LogP contribution in [0.5, 0.6) is 0 Å². The molecule has 0 bridgehead atoms. The number of hydrogen-bond acceptors (Lipinski definition) is 6. The zero-order chi connectivity index (χ0) is 10.7. The summed E-state index contributed by atoms with van der Waals surface area (Å²) in [5, 5.41) is 0. The molecule has 1 fully saturated rings. The summed E-state index contributed by atoms with van der Waals surface area (Å²) in [7, 11) is 2.07. The normalized spacial score (nSPS) is 20.3. The van der Waals surface area contributed by atoms with E-state index in [2.05, 4.69) is 27.3 Å². The second kappa shape index (κ2) is 4.67. The Hall–Kier alpha value is -1.01. The van der Waals surface area contributed by atoms with Crippen LogP contribution in [-0.2, 0) is 0 Å².